The van der Waals surface area contributed by atoms with Crippen molar-refractivity contribution in [3.63, 3.8) is 0 Å². The predicted molar refractivity (Wildman–Crippen MR) is 80.8 cm³/mol. The number of benzene rings is 1. The van der Waals surface area contributed by atoms with Crippen LogP contribution in [0.1, 0.15) is 24.2 Å². The van der Waals surface area contributed by atoms with Crippen molar-refractivity contribution in [2.45, 2.75) is 19.4 Å². The summed E-state index contributed by atoms with van der Waals surface area (Å²) in [6.45, 7) is 2.75. The van der Waals surface area contributed by atoms with Gasteiger partial charge in [-0.05, 0) is 36.7 Å². The first-order valence-electron chi connectivity index (χ1n) is 6.40. The van der Waals surface area contributed by atoms with E-state index in [0.29, 0.717) is 11.4 Å². The van der Waals surface area contributed by atoms with Crippen molar-refractivity contribution in [3.8, 4) is 0 Å². The zero-order valence-electron chi connectivity index (χ0n) is 11.0. The van der Waals surface area contributed by atoms with Gasteiger partial charge in [-0.3, -0.25) is 4.98 Å². The van der Waals surface area contributed by atoms with E-state index in [1.54, 1.807) is 24.4 Å². The van der Waals surface area contributed by atoms with Crippen molar-refractivity contribution >= 4 is 23.2 Å². The molecule has 1 N–H and O–H groups in total. The summed E-state index contributed by atoms with van der Waals surface area (Å²) < 4.78 is 13.5. The Bertz CT molecular complexity index is 590. The molecule has 0 spiro atoms. The Morgan fingerprint density at radius 1 is 1.25 bits per heavy atom. The van der Waals surface area contributed by atoms with Gasteiger partial charge in [-0.25, -0.2) is 4.39 Å². The first-order valence-corrected chi connectivity index (χ1v) is 7.15. The molecular formula is C15H15Cl2FN2. The van der Waals surface area contributed by atoms with Crippen LogP contribution in [0.4, 0.5) is 4.39 Å². The molecule has 0 bridgehead atoms. The summed E-state index contributed by atoms with van der Waals surface area (Å²) >= 11 is 12.2. The molecule has 1 atom stereocenters. The Kier molecular flexibility index (Phi) is 5.35. The SMILES string of the molecule is CCNC(Cc1cccc(F)c1Cl)c1ncccc1Cl. The van der Waals surface area contributed by atoms with Gasteiger partial charge in [0, 0.05) is 6.20 Å². The van der Waals surface area contributed by atoms with Crippen LogP contribution in [0.15, 0.2) is 36.5 Å². The molecule has 5 heteroatoms. The minimum Gasteiger partial charge on any atom is -0.309 e. The zero-order valence-corrected chi connectivity index (χ0v) is 12.5. The molecule has 1 aromatic heterocycles. The molecule has 0 saturated carbocycles. The van der Waals surface area contributed by atoms with E-state index in [-0.39, 0.29) is 11.1 Å². The van der Waals surface area contributed by atoms with E-state index in [1.165, 1.54) is 6.07 Å². The third-order valence-electron chi connectivity index (χ3n) is 3.02. The first kappa shape index (κ1) is 15.2. The number of hydrogen-bond donors (Lipinski definition) is 1. The highest BCUT2D eigenvalue weighted by atomic mass is 35.5. The summed E-state index contributed by atoms with van der Waals surface area (Å²) in [5, 5.41) is 4.05. The number of likely N-dealkylation sites (N-methyl/N-ethyl adjacent to an activating group) is 1. The van der Waals surface area contributed by atoms with Crippen LogP contribution in [0, 0.1) is 5.82 Å². The van der Waals surface area contributed by atoms with Gasteiger partial charge in [0.1, 0.15) is 5.82 Å². The molecule has 2 rings (SSSR count). The van der Waals surface area contributed by atoms with Crippen molar-refractivity contribution in [2.75, 3.05) is 6.54 Å². The molecule has 106 valence electrons. The fourth-order valence-corrected chi connectivity index (χ4v) is 2.55. The molecular weight excluding hydrogens is 298 g/mol. The average molecular weight is 313 g/mol. The van der Waals surface area contributed by atoms with Crippen molar-refractivity contribution < 1.29 is 4.39 Å². The lowest BCUT2D eigenvalue weighted by Gasteiger charge is -2.19. The lowest BCUT2D eigenvalue weighted by atomic mass is 10.0. The maximum absolute atomic E-state index is 13.5. The van der Waals surface area contributed by atoms with E-state index < -0.39 is 5.82 Å². The molecule has 2 nitrogen and oxygen atoms in total. The Morgan fingerprint density at radius 2 is 2.05 bits per heavy atom. The summed E-state index contributed by atoms with van der Waals surface area (Å²) in [4.78, 5) is 4.31. The van der Waals surface area contributed by atoms with E-state index in [1.807, 2.05) is 13.0 Å². The van der Waals surface area contributed by atoms with Crippen LogP contribution in [0.5, 0.6) is 0 Å². The number of rotatable bonds is 5. The molecule has 1 unspecified atom stereocenters. The highest BCUT2D eigenvalue weighted by molar-refractivity contribution is 6.31. The van der Waals surface area contributed by atoms with Gasteiger partial charge in [0.2, 0.25) is 0 Å². The smallest absolute Gasteiger partial charge is 0.142 e. The number of aromatic nitrogens is 1. The molecule has 1 aromatic carbocycles. The molecule has 0 aliphatic carbocycles. The second kappa shape index (κ2) is 7.02. The van der Waals surface area contributed by atoms with E-state index in [0.717, 1.165) is 17.8 Å². The van der Waals surface area contributed by atoms with Gasteiger partial charge >= 0.3 is 0 Å². The topological polar surface area (TPSA) is 24.9 Å². The van der Waals surface area contributed by atoms with Gasteiger partial charge in [-0.15, -0.1) is 0 Å². The number of hydrogen-bond acceptors (Lipinski definition) is 2. The molecule has 20 heavy (non-hydrogen) atoms. The van der Waals surface area contributed by atoms with Gasteiger partial charge in [0.25, 0.3) is 0 Å². The third-order valence-corrected chi connectivity index (χ3v) is 3.77. The Hall–Kier alpha value is -1.16. The molecule has 2 aromatic rings. The average Bonchev–Trinajstić information content (AvgIpc) is 2.44. The van der Waals surface area contributed by atoms with Crippen LogP contribution in [-0.2, 0) is 6.42 Å². The Balaban J connectivity index is 2.31. The fourth-order valence-electron chi connectivity index (χ4n) is 2.09. The van der Waals surface area contributed by atoms with Crippen LogP contribution >= 0.6 is 23.2 Å². The van der Waals surface area contributed by atoms with Gasteiger partial charge < -0.3 is 5.32 Å². The summed E-state index contributed by atoms with van der Waals surface area (Å²) in [5.74, 6) is -0.411. The summed E-state index contributed by atoms with van der Waals surface area (Å²) in [5.41, 5.74) is 1.48. The van der Waals surface area contributed by atoms with E-state index in [9.17, 15) is 4.39 Å². The van der Waals surface area contributed by atoms with Gasteiger partial charge in [0.15, 0.2) is 0 Å². The normalized spacial score (nSPS) is 12.4. The molecule has 0 aliphatic rings. The largest absolute Gasteiger partial charge is 0.309 e. The van der Waals surface area contributed by atoms with Crippen LogP contribution in [-0.4, -0.2) is 11.5 Å². The van der Waals surface area contributed by atoms with Gasteiger partial charge in [-0.1, -0.05) is 42.3 Å². The van der Waals surface area contributed by atoms with Crippen LogP contribution < -0.4 is 5.32 Å². The molecule has 0 fully saturated rings. The van der Waals surface area contributed by atoms with Crippen molar-refractivity contribution in [1.29, 1.82) is 0 Å². The number of nitrogens with one attached hydrogen (secondary N) is 1. The molecule has 1 heterocycles. The summed E-state index contributed by atoms with van der Waals surface area (Å²) in [6.07, 6.45) is 2.22. The highest BCUT2D eigenvalue weighted by Gasteiger charge is 2.18. The second-order valence-corrected chi connectivity index (χ2v) is 5.18. The monoisotopic (exact) mass is 312 g/mol. The summed E-state index contributed by atoms with van der Waals surface area (Å²) in [7, 11) is 0. The standard InChI is InChI=1S/C15H15Cl2FN2/c1-2-19-13(15-11(16)6-4-8-20-15)9-10-5-3-7-12(18)14(10)17/h3-8,13,19H,2,9H2,1H3. The number of pyridine rings is 1. The van der Waals surface area contributed by atoms with Crippen molar-refractivity contribution in [2.24, 2.45) is 0 Å². The minimum absolute atomic E-state index is 0.104. The predicted octanol–water partition coefficient (Wildman–Crippen LogP) is 4.42. The molecule has 0 amide bonds. The van der Waals surface area contributed by atoms with Crippen molar-refractivity contribution in [3.05, 3.63) is 63.6 Å². The third kappa shape index (κ3) is 3.48. The first-order chi connectivity index (χ1) is 9.63. The maximum Gasteiger partial charge on any atom is 0.142 e. The minimum atomic E-state index is -0.411. The Labute approximate surface area is 127 Å². The van der Waals surface area contributed by atoms with Crippen LogP contribution in [0.25, 0.3) is 0 Å². The lowest BCUT2D eigenvalue weighted by Crippen LogP contribution is -2.24. The zero-order chi connectivity index (χ0) is 14.5. The molecule has 0 radical (unpaired) electrons. The Morgan fingerprint density at radius 3 is 2.75 bits per heavy atom. The van der Waals surface area contributed by atoms with Crippen LogP contribution in [0.3, 0.4) is 0 Å². The molecule has 0 saturated heterocycles. The van der Waals surface area contributed by atoms with Crippen LogP contribution in [0.2, 0.25) is 10.0 Å². The van der Waals surface area contributed by atoms with E-state index in [4.69, 9.17) is 23.2 Å². The number of halogens is 3. The number of nitrogens with zero attached hydrogens (tertiary/aromatic N) is 1. The highest BCUT2D eigenvalue weighted by Crippen LogP contribution is 2.27. The van der Waals surface area contributed by atoms with Crippen molar-refractivity contribution in [1.82, 2.24) is 10.3 Å². The second-order valence-electron chi connectivity index (χ2n) is 4.40. The van der Waals surface area contributed by atoms with Gasteiger partial charge in [0.05, 0.1) is 21.8 Å². The lowest BCUT2D eigenvalue weighted by molar-refractivity contribution is 0.534. The van der Waals surface area contributed by atoms with Gasteiger partial charge in [-0.2, -0.15) is 0 Å². The maximum atomic E-state index is 13.5. The summed E-state index contributed by atoms with van der Waals surface area (Å²) in [6, 6.07) is 8.28. The van der Waals surface area contributed by atoms with E-state index >= 15 is 0 Å². The molecule has 0 aliphatic heterocycles. The quantitative estimate of drug-likeness (QED) is 0.884. The van der Waals surface area contributed by atoms with E-state index in [2.05, 4.69) is 10.3 Å². The fraction of sp³-hybridized carbons (Fsp3) is 0.267.